The van der Waals surface area contributed by atoms with E-state index in [1.165, 1.54) is 12.3 Å². The lowest BCUT2D eigenvalue weighted by Crippen LogP contribution is -2.27. The zero-order chi connectivity index (χ0) is 12.1. The highest BCUT2D eigenvalue weighted by atomic mass is 19.1. The summed E-state index contributed by atoms with van der Waals surface area (Å²) in [5.74, 6) is -0.995. The van der Waals surface area contributed by atoms with E-state index in [1.807, 2.05) is 0 Å². The first-order valence-corrected chi connectivity index (χ1v) is 5.76. The normalized spacial score (nSPS) is 19.2. The second-order valence-corrected chi connectivity index (χ2v) is 4.04. The number of ether oxygens (including phenoxy) is 1. The van der Waals surface area contributed by atoms with Crippen LogP contribution in [0.5, 0.6) is 0 Å². The standard InChI is InChI=1S/C12H15FN2O2/c13-11-8-14-5-4-10(11)12(16)15-6-3-9-2-1-7-17-9/h4-5,8-9H,1-3,6-7H2,(H,15,16). The Labute approximate surface area is 99.2 Å². The van der Waals surface area contributed by atoms with E-state index in [9.17, 15) is 9.18 Å². The number of aromatic nitrogens is 1. The molecule has 92 valence electrons. The van der Waals surface area contributed by atoms with Crippen LogP contribution in [-0.4, -0.2) is 30.1 Å². The number of carbonyl (C=O) groups excluding carboxylic acids is 1. The Bertz CT molecular complexity index is 392. The highest BCUT2D eigenvalue weighted by molar-refractivity contribution is 5.94. The number of pyridine rings is 1. The molecule has 0 radical (unpaired) electrons. The Kier molecular flexibility index (Phi) is 4.03. The molecule has 1 aliphatic heterocycles. The predicted octanol–water partition coefficient (Wildman–Crippen LogP) is 1.52. The molecule has 1 amide bonds. The van der Waals surface area contributed by atoms with E-state index >= 15 is 0 Å². The van der Waals surface area contributed by atoms with Crippen LogP contribution in [-0.2, 0) is 4.74 Å². The molecular formula is C12H15FN2O2. The van der Waals surface area contributed by atoms with Crippen molar-refractivity contribution >= 4 is 5.91 Å². The van der Waals surface area contributed by atoms with E-state index in [2.05, 4.69) is 10.3 Å². The Morgan fingerprint density at radius 3 is 3.24 bits per heavy atom. The van der Waals surface area contributed by atoms with Crippen molar-refractivity contribution < 1.29 is 13.9 Å². The third kappa shape index (κ3) is 3.23. The van der Waals surface area contributed by atoms with E-state index in [0.29, 0.717) is 6.54 Å². The van der Waals surface area contributed by atoms with E-state index in [-0.39, 0.29) is 11.7 Å². The van der Waals surface area contributed by atoms with Crippen molar-refractivity contribution in [2.75, 3.05) is 13.2 Å². The summed E-state index contributed by atoms with van der Waals surface area (Å²) < 4.78 is 18.6. The topological polar surface area (TPSA) is 51.2 Å². The first kappa shape index (κ1) is 12.0. The molecule has 1 aromatic rings. The molecule has 1 aliphatic rings. The van der Waals surface area contributed by atoms with Crippen LogP contribution >= 0.6 is 0 Å². The van der Waals surface area contributed by atoms with Gasteiger partial charge in [-0.25, -0.2) is 4.39 Å². The largest absolute Gasteiger partial charge is 0.378 e. The quantitative estimate of drug-likeness (QED) is 0.865. The predicted molar refractivity (Wildman–Crippen MR) is 60.1 cm³/mol. The molecule has 1 N–H and O–H groups in total. The number of nitrogens with one attached hydrogen (secondary N) is 1. The number of hydrogen-bond acceptors (Lipinski definition) is 3. The maximum Gasteiger partial charge on any atom is 0.254 e. The summed E-state index contributed by atoms with van der Waals surface area (Å²) in [7, 11) is 0. The van der Waals surface area contributed by atoms with Gasteiger partial charge in [0, 0.05) is 19.3 Å². The van der Waals surface area contributed by atoms with E-state index in [4.69, 9.17) is 4.74 Å². The van der Waals surface area contributed by atoms with Crippen LogP contribution in [0, 0.1) is 5.82 Å². The molecule has 4 nitrogen and oxygen atoms in total. The molecule has 0 aliphatic carbocycles. The Balaban J connectivity index is 1.79. The number of nitrogens with zero attached hydrogens (tertiary/aromatic N) is 1. The molecule has 1 unspecified atom stereocenters. The summed E-state index contributed by atoms with van der Waals surface area (Å²) in [6.07, 6.45) is 5.57. The van der Waals surface area contributed by atoms with Crippen LogP contribution in [0.25, 0.3) is 0 Å². The van der Waals surface area contributed by atoms with Crippen molar-refractivity contribution in [3.05, 3.63) is 29.8 Å². The van der Waals surface area contributed by atoms with E-state index in [0.717, 1.165) is 32.1 Å². The van der Waals surface area contributed by atoms with Crippen LogP contribution in [0.3, 0.4) is 0 Å². The average Bonchev–Trinajstić information content (AvgIpc) is 2.82. The van der Waals surface area contributed by atoms with Gasteiger partial charge < -0.3 is 10.1 Å². The maximum atomic E-state index is 13.2. The molecular weight excluding hydrogens is 223 g/mol. The molecule has 0 bridgehead atoms. The van der Waals surface area contributed by atoms with Gasteiger partial charge in [0.15, 0.2) is 5.82 Å². The lowest BCUT2D eigenvalue weighted by atomic mass is 10.2. The zero-order valence-corrected chi connectivity index (χ0v) is 9.49. The Morgan fingerprint density at radius 2 is 2.53 bits per heavy atom. The van der Waals surface area contributed by atoms with Crippen LogP contribution in [0.1, 0.15) is 29.6 Å². The SMILES string of the molecule is O=C(NCCC1CCCO1)c1ccncc1F. The minimum absolute atomic E-state index is 0.0346. The minimum atomic E-state index is -0.595. The third-order valence-electron chi connectivity index (χ3n) is 2.79. The van der Waals surface area contributed by atoms with Crippen molar-refractivity contribution in [3.63, 3.8) is 0 Å². The monoisotopic (exact) mass is 238 g/mol. The summed E-state index contributed by atoms with van der Waals surface area (Å²) in [6, 6.07) is 1.37. The summed E-state index contributed by atoms with van der Waals surface area (Å²) in [6.45, 7) is 1.31. The number of rotatable bonds is 4. The average molecular weight is 238 g/mol. The smallest absolute Gasteiger partial charge is 0.254 e. The van der Waals surface area contributed by atoms with E-state index < -0.39 is 11.7 Å². The van der Waals surface area contributed by atoms with Gasteiger partial charge in [-0.05, 0) is 25.3 Å². The Morgan fingerprint density at radius 1 is 1.65 bits per heavy atom. The van der Waals surface area contributed by atoms with Crippen molar-refractivity contribution in [2.45, 2.75) is 25.4 Å². The van der Waals surface area contributed by atoms with Gasteiger partial charge in [-0.15, -0.1) is 0 Å². The first-order valence-electron chi connectivity index (χ1n) is 5.76. The van der Waals surface area contributed by atoms with Gasteiger partial charge in [0.1, 0.15) is 0 Å². The number of amides is 1. The summed E-state index contributed by atoms with van der Waals surface area (Å²) in [5, 5.41) is 2.68. The highest BCUT2D eigenvalue weighted by Crippen LogP contribution is 2.14. The van der Waals surface area contributed by atoms with Gasteiger partial charge >= 0.3 is 0 Å². The lowest BCUT2D eigenvalue weighted by Gasteiger charge is -2.10. The molecule has 17 heavy (non-hydrogen) atoms. The second kappa shape index (κ2) is 5.72. The molecule has 0 saturated carbocycles. The van der Waals surface area contributed by atoms with Crippen molar-refractivity contribution in [2.24, 2.45) is 0 Å². The summed E-state index contributed by atoms with van der Waals surface area (Å²) >= 11 is 0. The highest BCUT2D eigenvalue weighted by Gasteiger charge is 2.16. The van der Waals surface area contributed by atoms with Gasteiger partial charge in [-0.2, -0.15) is 0 Å². The van der Waals surface area contributed by atoms with Crippen molar-refractivity contribution in [1.29, 1.82) is 0 Å². The molecule has 1 atom stereocenters. The second-order valence-electron chi connectivity index (χ2n) is 4.04. The molecule has 0 spiro atoms. The minimum Gasteiger partial charge on any atom is -0.378 e. The molecule has 5 heteroatoms. The van der Waals surface area contributed by atoms with Gasteiger partial charge in [-0.1, -0.05) is 0 Å². The number of hydrogen-bond donors (Lipinski definition) is 1. The van der Waals surface area contributed by atoms with Crippen LogP contribution in [0.2, 0.25) is 0 Å². The lowest BCUT2D eigenvalue weighted by molar-refractivity contribution is 0.0904. The van der Waals surface area contributed by atoms with Gasteiger partial charge in [0.25, 0.3) is 5.91 Å². The Hall–Kier alpha value is -1.49. The number of carbonyl (C=O) groups is 1. The molecule has 2 rings (SSSR count). The van der Waals surface area contributed by atoms with Gasteiger partial charge in [0.2, 0.25) is 0 Å². The van der Waals surface area contributed by atoms with Crippen LogP contribution in [0.15, 0.2) is 18.5 Å². The van der Waals surface area contributed by atoms with E-state index in [1.54, 1.807) is 0 Å². The maximum absolute atomic E-state index is 13.2. The zero-order valence-electron chi connectivity index (χ0n) is 9.49. The molecule has 1 saturated heterocycles. The molecule has 1 aromatic heterocycles. The fourth-order valence-corrected chi connectivity index (χ4v) is 1.87. The summed E-state index contributed by atoms with van der Waals surface area (Å²) in [5.41, 5.74) is 0.0346. The summed E-state index contributed by atoms with van der Waals surface area (Å²) in [4.78, 5) is 15.2. The van der Waals surface area contributed by atoms with Gasteiger partial charge in [-0.3, -0.25) is 9.78 Å². The van der Waals surface area contributed by atoms with Gasteiger partial charge in [0.05, 0.1) is 17.9 Å². The fourth-order valence-electron chi connectivity index (χ4n) is 1.87. The molecule has 2 heterocycles. The van der Waals surface area contributed by atoms with Crippen LogP contribution < -0.4 is 5.32 Å². The molecule has 0 aromatic carbocycles. The van der Waals surface area contributed by atoms with Crippen LogP contribution in [0.4, 0.5) is 4.39 Å². The first-order chi connectivity index (χ1) is 8.27. The fraction of sp³-hybridized carbons (Fsp3) is 0.500. The van der Waals surface area contributed by atoms with Crippen molar-refractivity contribution in [1.82, 2.24) is 10.3 Å². The third-order valence-corrected chi connectivity index (χ3v) is 2.79. The number of halogens is 1. The molecule has 1 fully saturated rings. The van der Waals surface area contributed by atoms with Crippen molar-refractivity contribution in [3.8, 4) is 0 Å².